The van der Waals surface area contributed by atoms with Gasteiger partial charge in [-0.25, -0.2) is 0 Å². The van der Waals surface area contributed by atoms with Gasteiger partial charge >= 0.3 is 6.18 Å². The summed E-state index contributed by atoms with van der Waals surface area (Å²) in [6.45, 7) is 1.91. The number of pyridine rings is 1. The molecule has 0 fully saturated rings. The van der Waals surface area contributed by atoms with Crippen LogP contribution in [0.15, 0.2) is 30.3 Å². The molecule has 6 heteroatoms. The summed E-state index contributed by atoms with van der Waals surface area (Å²) in [5, 5.41) is 0.989. The molecule has 1 unspecified atom stereocenters. The number of hydrazine groups is 1. The van der Waals surface area contributed by atoms with Gasteiger partial charge in [-0.3, -0.25) is 16.3 Å². The van der Waals surface area contributed by atoms with Crippen molar-refractivity contribution in [3.8, 4) is 0 Å². The molecule has 0 aliphatic carbocycles. The van der Waals surface area contributed by atoms with Gasteiger partial charge in [0.15, 0.2) is 0 Å². The van der Waals surface area contributed by atoms with Crippen molar-refractivity contribution in [1.29, 1.82) is 0 Å². The van der Waals surface area contributed by atoms with Crippen molar-refractivity contribution in [2.45, 2.75) is 32.0 Å². The molecule has 1 heterocycles. The highest BCUT2D eigenvalue weighted by Crippen LogP contribution is 2.28. The number of hydrogen-bond donors (Lipinski definition) is 2. The van der Waals surface area contributed by atoms with Crippen LogP contribution in [0.2, 0.25) is 0 Å². The molecule has 0 amide bonds. The zero-order valence-electron chi connectivity index (χ0n) is 11.0. The van der Waals surface area contributed by atoms with E-state index in [0.29, 0.717) is 5.69 Å². The van der Waals surface area contributed by atoms with Crippen LogP contribution in [0.1, 0.15) is 30.1 Å². The fourth-order valence-electron chi connectivity index (χ4n) is 2.18. The van der Waals surface area contributed by atoms with E-state index in [9.17, 15) is 13.2 Å². The van der Waals surface area contributed by atoms with Gasteiger partial charge in [0.1, 0.15) is 0 Å². The Bertz CT molecular complexity index is 596. The number of fused-ring (bicyclic) bond motifs is 1. The number of halogens is 3. The van der Waals surface area contributed by atoms with Crippen molar-refractivity contribution in [2.24, 2.45) is 5.84 Å². The average molecular weight is 283 g/mol. The van der Waals surface area contributed by atoms with Gasteiger partial charge in [-0.1, -0.05) is 18.2 Å². The Balaban J connectivity index is 2.30. The second kappa shape index (κ2) is 5.76. The Kier molecular flexibility index (Phi) is 4.25. The van der Waals surface area contributed by atoms with Crippen LogP contribution in [0, 0.1) is 6.92 Å². The minimum atomic E-state index is -4.19. The van der Waals surface area contributed by atoms with E-state index in [1.165, 1.54) is 0 Å². The Hall–Kier alpha value is -1.66. The molecule has 0 spiro atoms. The van der Waals surface area contributed by atoms with Crippen molar-refractivity contribution in [1.82, 2.24) is 10.4 Å². The van der Waals surface area contributed by atoms with Crippen molar-refractivity contribution >= 4 is 10.9 Å². The third-order valence-electron chi connectivity index (χ3n) is 3.22. The van der Waals surface area contributed by atoms with E-state index in [0.717, 1.165) is 16.5 Å². The number of alkyl halides is 3. The van der Waals surface area contributed by atoms with Crippen molar-refractivity contribution < 1.29 is 13.2 Å². The van der Waals surface area contributed by atoms with Crippen LogP contribution in [0.5, 0.6) is 0 Å². The van der Waals surface area contributed by atoms with Crippen molar-refractivity contribution in [3.63, 3.8) is 0 Å². The van der Waals surface area contributed by atoms with Crippen LogP contribution < -0.4 is 11.3 Å². The second-order valence-electron chi connectivity index (χ2n) is 4.75. The zero-order chi connectivity index (χ0) is 14.8. The first-order valence-electron chi connectivity index (χ1n) is 6.30. The summed E-state index contributed by atoms with van der Waals surface area (Å²) in [4.78, 5) is 4.40. The highest BCUT2D eigenvalue weighted by atomic mass is 19.4. The van der Waals surface area contributed by atoms with E-state index in [1.807, 2.05) is 31.2 Å². The molecule has 0 saturated carbocycles. The first-order valence-corrected chi connectivity index (χ1v) is 6.30. The maximum atomic E-state index is 12.3. The maximum absolute atomic E-state index is 12.3. The highest BCUT2D eigenvalue weighted by molar-refractivity contribution is 5.82. The third kappa shape index (κ3) is 3.46. The number of benzene rings is 1. The maximum Gasteiger partial charge on any atom is 0.389 e. The topological polar surface area (TPSA) is 50.9 Å². The Morgan fingerprint density at radius 2 is 2.00 bits per heavy atom. The molecule has 3 N–H and O–H groups in total. The summed E-state index contributed by atoms with van der Waals surface area (Å²) in [5.41, 5.74) is 4.68. The van der Waals surface area contributed by atoms with E-state index in [2.05, 4.69) is 10.4 Å². The summed E-state index contributed by atoms with van der Waals surface area (Å²) in [7, 11) is 0. The monoisotopic (exact) mass is 283 g/mol. The van der Waals surface area contributed by atoms with Gasteiger partial charge < -0.3 is 0 Å². The van der Waals surface area contributed by atoms with Crippen LogP contribution in [-0.4, -0.2) is 11.2 Å². The molecule has 2 rings (SSSR count). The number of nitrogens with zero attached hydrogens (tertiary/aromatic N) is 1. The van der Waals surface area contributed by atoms with Gasteiger partial charge in [0.05, 0.1) is 17.3 Å². The number of aromatic nitrogens is 1. The molecule has 1 aromatic heterocycles. The van der Waals surface area contributed by atoms with Gasteiger partial charge in [0.25, 0.3) is 0 Å². The van der Waals surface area contributed by atoms with Crippen LogP contribution in [-0.2, 0) is 0 Å². The normalized spacial score (nSPS) is 13.7. The number of aryl methyl sites for hydroxylation is 1. The lowest BCUT2D eigenvalue weighted by atomic mass is 10.0. The standard InChI is InChI=1S/C14H16F3N3/c1-9-8-13(12(20-18)6-7-14(15,16)17)19-11-5-3-2-4-10(9)11/h2-5,8,12,20H,6-7,18H2,1H3. The molecule has 3 nitrogen and oxygen atoms in total. The lowest BCUT2D eigenvalue weighted by Gasteiger charge is -2.17. The highest BCUT2D eigenvalue weighted by Gasteiger charge is 2.29. The molecular formula is C14H16F3N3. The minimum absolute atomic E-state index is 0.134. The number of para-hydroxylation sites is 1. The fraction of sp³-hybridized carbons (Fsp3) is 0.357. The van der Waals surface area contributed by atoms with Gasteiger partial charge in [0.2, 0.25) is 0 Å². The van der Waals surface area contributed by atoms with Crippen molar-refractivity contribution in [3.05, 3.63) is 41.6 Å². The second-order valence-corrected chi connectivity index (χ2v) is 4.75. The molecule has 108 valence electrons. The Labute approximate surface area is 115 Å². The van der Waals surface area contributed by atoms with Gasteiger partial charge in [-0.15, -0.1) is 0 Å². The summed E-state index contributed by atoms with van der Waals surface area (Å²) in [6, 6.07) is 8.69. The number of nitrogens with one attached hydrogen (secondary N) is 1. The molecule has 1 aromatic carbocycles. The van der Waals surface area contributed by atoms with Crippen LogP contribution in [0.25, 0.3) is 10.9 Å². The van der Waals surface area contributed by atoms with Crippen LogP contribution in [0.3, 0.4) is 0 Å². The lowest BCUT2D eigenvalue weighted by Crippen LogP contribution is -2.30. The van der Waals surface area contributed by atoms with Crippen LogP contribution in [0.4, 0.5) is 13.2 Å². The first-order chi connectivity index (χ1) is 9.40. The van der Waals surface area contributed by atoms with E-state index >= 15 is 0 Å². The molecule has 0 aliphatic rings. The smallest absolute Gasteiger partial charge is 0.271 e. The average Bonchev–Trinajstić information content (AvgIpc) is 2.38. The zero-order valence-corrected chi connectivity index (χ0v) is 11.0. The summed E-state index contributed by atoms with van der Waals surface area (Å²) in [5.74, 6) is 5.37. The summed E-state index contributed by atoms with van der Waals surface area (Å²) < 4.78 is 36.9. The van der Waals surface area contributed by atoms with E-state index < -0.39 is 18.6 Å². The Morgan fingerprint density at radius 1 is 1.30 bits per heavy atom. The number of hydrogen-bond acceptors (Lipinski definition) is 3. The lowest BCUT2D eigenvalue weighted by molar-refractivity contribution is -0.136. The summed E-state index contributed by atoms with van der Waals surface area (Å²) in [6.07, 6.45) is -5.22. The van der Waals surface area contributed by atoms with Crippen molar-refractivity contribution in [2.75, 3.05) is 0 Å². The SMILES string of the molecule is Cc1cc(C(CCC(F)(F)F)NN)nc2ccccc12. The molecule has 2 aromatic rings. The molecule has 1 atom stereocenters. The third-order valence-corrected chi connectivity index (χ3v) is 3.22. The van der Waals surface area contributed by atoms with Gasteiger partial charge in [0, 0.05) is 11.8 Å². The number of nitrogens with two attached hydrogens (primary N) is 1. The first kappa shape index (κ1) is 14.7. The fourth-order valence-corrected chi connectivity index (χ4v) is 2.18. The van der Waals surface area contributed by atoms with Gasteiger partial charge in [-0.2, -0.15) is 13.2 Å². The molecule has 0 bridgehead atoms. The predicted octanol–water partition coefficient (Wildman–Crippen LogP) is 3.39. The molecule has 0 aliphatic heterocycles. The minimum Gasteiger partial charge on any atom is -0.271 e. The molecular weight excluding hydrogens is 267 g/mol. The van der Waals surface area contributed by atoms with E-state index in [1.54, 1.807) is 6.07 Å². The predicted molar refractivity (Wildman–Crippen MR) is 71.8 cm³/mol. The Morgan fingerprint density at radius 3 is 2.65 bits per heavy atom. The largest absolute Gasteiger partial charge is 0.389 e. The van der Waals surface area contributed by atoms with Gasteiger partial charge in [-0.05, 0) is 31.0 Å². The van der Waals surface area contributed by atoms with E-state index in [-0.39, 0.29) is 6.42 Å². The van der Waals surface area contributed by atoms with E-state index in [4.69, 9.17) is 5.84 Å². The molecule has 0 radical (unpaired) electrons. The van der Waals surface area contributed by atoms with Crippen LogP contribution >= 0.6 is 0 Å². The molecule has 0 saturated heterocycles. The number of rotatable bonds is 4. The molecule has 20 heavy (non-hydrogen) atoms. The summed E-state index contributed by atoms with van der Waals surface area (Å²) >= 11 is 0. The quantitative estimate of drug-likeness (QED) is 0.668.